The Bertz CT molecular complexity index is 3910. The Hall–Kier alpha value is -9.01. The van der Waals surface area contributed by atoms with Crippen LogP contribution in [0.25, 0.3) is 76.2 Å². The van der Waals surface area contributed by atoms with E-state index < -0.39 is 5.41 Å². The highest BCUT2D eigenvalue weighted by molar-refractivity contribution is 7.19. The summed E-state index contributed by atoms with van der Waals surface area (Å²) in [4.78, 5) is 4.90. The first-order valence-electron chi connectivity index (χ1n) is 23.6. The SMILES string of the molecule is N#Cc1ccc(-c2ccc(N(c3ccc4c(c3)oc3ccccc34)c3cccc4c3-c3c(-c5ccccc5)sc(-c5ccccc5)c3C4(c3ccccc3)c3ccc(-c4ccccc4)cc3)cc2)cc1. The third-order valence-corrected chi connectivity index (χ3v) is 15.3. The number of nitriles is 1. The first-order valence-corrected chi connectivity index (χ1v) is 24.4. The van der Waals surface area contributed by atoms with Crippen LogP contribution in [-0.4, -0.2) is 0 Å². The molecule has 1 aliphatic carbocycles. The molecule has 328 valence electrons. The molecule has 1 atom stereocenters. The highest BCUT2D eigenvalue weighted by Crippen LogP contribution is 2.66. The molecule has 0 spiro atoms. The van der Waals surface area contributed by atoms with Gasteiger partial charge >= 0.3 is 0 Å². The highest BCUT2D eigenvalue weighted by Gasteiger charge is 2.51. The van der Waals surface area contributed by atoms with Gasteiger partial charge in [0.25, 0.3) is 0 Å². The van der Waals surface area contributed by atoms with Crippen LogP contribution >= 0.6 is 11.3 Å². The number of fused-ring (bicyclic) bond motifs is 6. The van der Waals surface area contributed by atoms with E-state index in [0.717, 1.165) is 50.1 Å². The van der Waals surface area contributed by atoms with Gasteiger partial charge in [0.15, 0.2) is 0 Å². The number of para-hydroxylation sites is 1. The van der Waals surface area contributed by atoms with Crippen molar-refractivity contribution < 1.29 is 4.42 Å². The van der Waals surface area contributed by atoms with E-state index in [1.54, 1.807) is 0 Å². The number of anilines is 3. The predicted molar refractivity (Wildman–Crippen MR) is 290 cm³/mol. The summed E-state index contributed by atoms with van der Waals surface area (Å²) in [6, 6.07) is 93.8. The van der Waals surface area contributed by atoms with Gasteiger partial charge in [-0.3, -0.25) is 0 Å². The largest absolute Gasteiger partial charge is 0.456 e. The van der Waals surface area contributed by atoms with E-state index in [2.05, 4.69) is 229 Å². The topological polar surface area (TPSA) is 40.2 Å². The van der Waals surface area contributed by atoms with Gasteiger partial charge in [-0.25, -0.2) is 0 Å². The molecule has 0 fully saturated rings. The van der Waals surface area contributed by atoms with E-state index in [1.165, 1.54) is 65.4 Å². The summed E-state index contributed by atoms with van der Waals surface area (Å²) >= 11 is 1.89. The van der Waals surface area contributed by atoms with E-state index in [1.807, 2.05) is 47.7 Å². The number of thiophene rings is 1. The van der Waals surface area contributed by atoms with Crippen LogP contribution in [0.2, 0.25) is 0 Å². The normalized spacial score (nSPS) is 13.8. The molecule has 2 heterocycles. The number of rotatable bonds is 9. The summed E-state index contributed by atoms with van der Waals surface area (Å²) in [6.45, 7) is 0. The zero-order chi connectivity index (χ0) is 46.6. The molecule has 0 bridgehead atoms. The zero-order valence-electron chi connectivity index (χ0n) is 38.0. The molecule has 0 amide bonds. The Labute approximate surface area is 411 Å². The second-order valence-electron chi connectivity index (χ2n) is 17.9. The van der Waals surface area contributed by atoms with E-state index in [4.69, 9.17) is 4.42 Å². The second-order valence-corrected chi connectivity index (χ2v) is 18.9. The Morgan fingerprint density at radius 3 is 1.57 bits per heavy atom. The van der Waals surface area contributed by atoms with Crippen LogP contribution in [-0.2, 0) is 5.41 Å². The maximum atomic E-state index is 9.54. The Balaban J connectivity index is 1.13. The van der Waals surface area contributed by atoms with Crippen LogP contribution in [0.4, 0.5) is 17.1 Å². The minimum Gasteiger partial charge on any atom is -0.456 e. The summed E-state index contributed by atoms with van der Waals surface area (Å²) in [5, 5.41) is 11.7. The fourth-order valence-electron chi connectivity index (χ4n) is 10.9. The Kier molecular flexibility index (Phi) is 9.97. The molecule has 10 aromatic carbocycles. The molecule has 0 saturated carbocycles. The summed E-state index contributed by atoms with van der Waals surface area (Å²) in [6.07, 6.45) is 0. The lowest BCUT2D eigenvalue weighted by atomic mass is 9.67. The molecule has 3 nitrogen and oxygen atoms in total. The van der Waals surface area contributed by atoms with E-state index in [0.29, 0.717) is 5.56 Å². The van der Waals surface area contributed by atoms with Crippen LogP contribution in [0.15, 0.2) is 259 Å². The van der Waals surface area contributed by atoms with Gasteiger partial charge in [0.05, 0.1) is 22.7 Å². The summed E-state index contributed by atoms with van der Waals surface area (Å²) in [5.74, 6) is 0. The molecule has 1 unspecified atom stereocenters. The third kappa shape index (κ3) is 6.63. The van der Waals surface area contributed by atoms with E-state index >= 15 is 0 Å². The Morgan fingerprint density at radius 2 is 0.914 bits per heavy atom. The minimum atomic E-state index is -0.723. The van der Waals surface area contributed by atoms with Crippen molar-refractivity contribution in [1.29, 1.82) is 5.26 Å². The van der Waals surface area contributed by atoms with Crippen molar-refractivity contribution >= 4 is 50.3 Å². The van der Waals surface area contributed by atoms with Crippen LogP contribution in [0.1, 0.15) is 27.8 Å². The Morgan fingerprint density at radius 1 is 0.400 bits per heavy atom. The van der Waals surface area contributed by atoms with Crippen LogP contribution in [0, 0.1) is 11.3 Å². The first kappa shape index (κ1) is 41.2. The molecule has 0 radical (unpaired) electrons. The fourth-order valence-corrected chi connectivity index (χ4v) is 12.2. The van der Waals surface area contributed by atoms with Gasteiger partial charge < -0.3 is 9.32 Å². The van der Waals surface area contributed by atoms with E-state index in [9.17, 15) is 5.26 Å². The average Bonchev–Trinajstić information content (AvgIpc) is 4.11. The van der Waals surface area contributed by atoms with Crippen molar-refractivity contribution in [3.8, 4) is 60.3 Å². The van der Waals surface area contributed by atoms with Crippen molar-refractivity contribution in [3.63, 3.8) is 0 Å². The van der Waals surface area contributed by atoms with Gasteiger partial charge in [0.2, 0.25) is 0 Å². The van der Waals surface area contributed by atoms with Gasteiger partial charge in [0.1, 0.15) is 11.2 Å². The van der Waals surface area contributed by atoms with Gasteiger partial charge in [-0.2, -0.15) is 5.26 Å². The first-order chi connectivity index (χ1) is 34.7. The molecule has 0 N–H and O–H groups in total. The number of hydrogen-bond acceptors (Lipinski definition) is 4. The highest BCUT2D eigenvalue weighted by atomic mass is 32.1. The van der Waals surface area contributed by atoms with Gasteiger partial charge in [-0.05, 0) is 104 Å². The lowest BCUT2D eigenvalue weighted by Gasteiger charge is -2.35. The van der Waals surface area contributed by atoms with Crippen molar-refractivity contribution in [3.05, 3.63) is 283 Å². The number of hydrogen-bond donors (Lipinski definition) is 0. The molecule has 2 aromatic heterocycles. The maximum Gasteiger partial charge on any atom is 0.137 e. The molecule has 4 heteroatoms. The van der Waals surface area contributed by atoms with Crippen LogP contribution < -0.4 is 4.90 Å². The molecule has 70 heavy (non-hydrogen) atoms. The lowest BCUT2D eigenvalue weighted by molar-refractivity contribution is 0.669. The zero-order valence-corrected chi connectivity index (χ0v) is 38.8. The van der Waals surface area contributed by atoms with Crippen molar-refractivity contribution in [1.82, 2.24) is 0 Å². The van der Waals surface area contributed by atoms with Crippen molar-refractivity contribution in [2.45, 2.75) is 5.41 Å². The van der Waals surface area contributed by atoms with Crippen molar-refractivity contribution in [2.24, 2.45) is 0 Å². The van der Waals surface area contributed by atoms with E-state index in [-0.39, 0.29) is 0 Å². The van der Waals surface area contributed by atoms with Crippen LogP contribution in [0.5, 0.6) is 0 Å². The third-order valence-electron chi connectivity index (χ3n) is 14.0. The average molecular weight is 911 g/mol. The maximum absolute atomic E-state index is 9.54. The fraction of sp³-hybridized carbons (Fsp3) is 0.0152. The smallest absolute Gasteiger partial charge is 0.137 e. The number of furan rings is 1. The molecular formula is C66H42N2OS. The molecule has 1 aliphatic rings. The predicted octanol–water partition coefficient (Wildman–Crippen LogP) is 18.0. The number of nitrogens with zero attached hydrogens (tertiary/aromatic N) is 2. The monoisotopic (exact) mass is 910 g/mol. The van der Waals surface area contributed by atoms with Crippen molar-refractivity contribution in [2.75, 3.05) is 4.90 Å². The molecule has 0 aliphatic heterocycles. The molecule has 0 saturated heterocycles. The minimum absolute atomic E-state index is 0.641. The standard InChI is InChI=1S/C66H42N2OS/c67-43-44-28-30-46(31-29-44)48-34-38-53(39-35-48)68(54-40-41-56-55-24-13-14-27-59(55)69-60(56)42-54)58-26-15-25-57-61(58)62-63(65(50-20-9-3-10-21-50)70-64(62)49-18-7-2-8-19-49)66(57,51-22-11-4-12-23-51)52-36-32-47(33-37-52)45-16-5-1-6-17-45/h1-42H. The second kappa shape index (κ2) is 16.9. The quantitative estimate of drug-likeness (QED) is 0.145. The lowest BCUT2D eigenvalue weighted by Crippen LogP contribution is -2.29. The van der Waals surface area contributed by atoms with Gasteiger partial charge in [-0.1, -0.05) is 200 Å². The summed E-state index contributed by atoms with van der Waals surface area (Å²) in [5.41, 5.74) is 18.9. The molecular weight excluding hydrogens is 869 g/mol. The number of benzene rings is 10. The summed E-state index contributed by atoms with van der Waals surface area (Å²) < 4.78 is 6.63. The molecule has 13 rings (SSSR count). The summed E-state index contributed by atoms with van der Waals surface area (Å²) in [7, 11) is 0. The van der Waals surface area contributed by atoms with Gasteiger partial charge in [0, 0.05) is 49.1 Å². The van der Waals surface area contributed by atoms with Crippen LogP contribution in [0.3, 0.4) is 0 Å². The molecule has 12 aromatic rings. The van der Waals surface area contributed by atoms with Gasteiger partial charge in [-0.15, -0.1) is 11.3 Å².